The number of Topliss-reactive ketones (excluding diaryl/α,β-unsaturated/α-hetero) is 1. The highest BCUT2D eigenvalue weighted by Crippen LogP contribution is 2.35. The molecular formula is C23H31N3O3. The summed E-state index contributed by atoms with van der Waals surface area (Å²) in [5, 5.41) is 17.8. The van der Waals surface area contributed by atoms with Crippen LogP contribution >= 0.6 is 0 Å². The predicted octanol–water partition coefficient (Wildman–Crippen LogP) is 3.75. The van der Waals surface area contributed by atoms with Crippen LogP contribution in [-0.4, -0.2) is 38.7 Å². The fraction of sp³-hybridized carbons (Fsp3) is 0.522. The van der Waals surface area contributed by atoms with Gasteiger partial charge in [-0.1, -0.05) is 51.1 Å². The Labute approximate surface area is 172 Å². The number of benzene rings is 1. The summed E-state index contributed by atoms with van der Waals surface area (Å²) in [6.07, 6.45) is 2.10. The van der Waals surface area contributed by atoms with Crippen molar-refractivity contribution >= 4 is 11.7 Å². The number of aliphatic hydroxyl groups is 1. The first-order chi connectivity index (χ1) is 13.7. The Bertz CT molecular complexity index is 873. The maximum absolute atomic E-state index is 13.1. The van der Waals surface area contributed by atoms with E-state index in [9.17, 15) is 14.7 Å². The third-order valence-electron chi connectivity index (χ3n) is 6.02. The van der Waals surface area contributed by atoms with Gasteiger partial charge in [-0.25, -0.2) is 0 Å². The number of carbonyl (C=O) groups excluding carboxylic acids is 2. The van der Waals surface area contributed by atoms with Crippen molar-refractivity contribution in [3.05, 3.63) is 53.3 Å². The van der Waals surface area contributed by atoms with Gasteiger partial charge in [-0.2, -0.15) is 5.10 Å². The van der Waals surface area contributed by atoms with E-state index in [0.29, 0.717) is 30.7 Å². The molecule has 1 aromatic carbocycles. The SMILES string of the molecule is CCC(=O)c1cc(C(=O)N[C@@H]2CC[C@H](O)C(C)(C)C2)n([C@@H](C)c2ccccc2)n1. The lowest BCUT2D eigenvalue weighted by molar-refractivity contribution is 0.00174. The minimum absolute atomic E-state index is 0.0124. The molecule has 156 valence electrons. The van der Waals surface area contributed by atoms with Crippen LogP contribution < -0.4 is 5.32 Å². The molecule has 0 spiro atoms. The topological polar surface area (TPSA) is 84.2 Å². The van der Waals surface area contributed by atoms with Crippen LogP contribution in [0.5, 0.6) is 0 Å². The van der Waals surface area contributed by atoms with Gasteiger partial charge in [0.25, 0.3) is 5.91 Å². The van der Waals surface area contributed by atoms with Crippen LogP contribution in [0.25, 0.3) is 0 Å². The summed E-state index contributed by atoms with van der Waals surface area (Å²) in [6.45, 7) is 7.81. The van der Waals surface area contributed by atoms with Crippen LogP contribution in [0.15, 0.2) is 36.4 Å². The van der Waals surface area contributed by atoms with Gasteiger partial charge in [0.1, 0.15) is 11.4 Å². The number of aromatic nitrogens is 2. The highest BCUT2D eigenvalue weighted by atomic mass is 16.3. The van der Waals surface area contributed by atoms with Gasteiger partial charge in [-0.15, -0.1) is 0 Å². The number of carbonyl (C=O) groups is 2. The number of amides is 1. The lowest BCUT2D eigenvalue weighted by Crippen LogP contribution is -2.46. The van der Waals surface area contributed by atoms with Crippen LogP contribution in [0.2, 0.25) is 0 Å². The van der Waals surface area contributed by atoms with E-state index in [1.54, 1.807) is 17.7 Å². The van der Waals surface area contributed by atoms with Crippen molar-refractivity contribution in [1.82, 2.24) is 15.1 Å². The Morgan fingerprint density at radius 1 is 1.28 bits per heavy atom. The molecule has 2 N–H and O–H groups in total. The molecule has 1 aromatic heterocycles. The van der Waals surface area contributed by atoms with Crippen molar-refractivity contribution in [2.24, 2.45) is 5.41 Å². The highest BCUT2D eigenvalue weighted by Gasteiger charge is 2.36. The van der Waals surface area contributed by atoms with E-state index in [1.165, 1.54) is 0 Å². The Hall–Kier alpha value is -2.47. The van der Waals surface area contributed by atoms with Crippen molar-refractivity contribution in [3.63, 3.8) is 0 Å². The summed E-state index contributed by atoms with van der Waals surface area (Å²) < 4.78 is 1.65. The smallest absolute Gasteiger partial charge is 0.269 e. The van der Waals surface area contributed by atoms with Gasteiger partial charge in [0.2, 0.25) is 0 Å². The first-order valence-electron chi connectivity index (χ1n) is 10.4. The third-order valence-corrected chi connectivity index (χ3v) is 6.02. The van der Waals surface area contributed by atoms with Crippen molar-refractivity contribution in [2.45, 2.75) is 71.6 Å². The van der Waals surface area contributed by atoms with Crippen molar-refractivity contribution in [1.29, 1.82) is 0 Å². The molecular weight excluding hydrogens is 366 g/mol. The standard InChI is InChI=1S/C23H31N3O3/c1-5-20(27)18-13-19(26(25-18)15(2)16-9-7-6-8-10-16)22(29)24-17-11-12-21(28)23(3,4)14-17/h6-10,13,15,17,21,28H,5,11-12,14H2,1-4H3,(H,24,29)/t15-,17+,21-/m0/s1. The largest absolute Gasteiger partial charge is 0.393 e. The number of ketones is 1. The lowest BCUT2D eigenvalue weighted by Gasteiger charge is -2.39. The van der Waals surface area contributed by atoms with Gasteiger partial charge in [0, 0.05) is 18.5 Å². The molecule has 6 nitrogen and oxygen atoms in total. The zero-order valence-corrected chi connectivity index (χ0v) is 17.7. The van der Waals surface area contributed by atoms with Gasteiger partial charge in [0.15, 0.2) is 5.78 Å². The van der Waals surface area contributed by atoms with Gasteiger partial charge in [0.05, 0.1) is 12.1 Å². The average Bonchev–Trinajstić information content (AvgIpc) is 3.15. The normalized spacial score (nSPS) is 22.1. The van der Waals surface area contributed by atoms with Crippen LogP contribution in [-0.2, 0) is 0 Å². The fourth-order valence-electron chi connectivity index (χ4n) is 4.05. The molecule has 1 aliphatic rings. The number of aliphatic hydroxyl groups excluding tert-OH is 1. The molecule has 29 heavy (non-hydrogen) atoms. The Balaban J connectivity index is 1.88. The molecule has 1 aliphatic carbocycles. The van der Waals surface area contributed by atoms with Crippen molar-refractivity contribution in [3.8, 4) is 0 Å². The van der Waals surface area contributed by atoms with E-state index in [4.69, 9.17) is 0 Å². The lowest BCUT2D eigenvalue weighted by atomic mass is 9.73. The van der Waals surface area contributed by atoms with E-state index >= 15 is 0 Å². The number of nitrogens with zero attached hydrogens (tertiary/aromatic N) is 2. The number of hydrogen-bond donors (Lipinski definition) is 2. The fourth-order valence-corrected chi connectivity index (χ4v) is 4.05. The molecule has 0 bridgehead atoms. The average molecular weight is 398 g/mol. The highest BCUT2D eigenvalue weighted by molar-refractivity contribution is 5.98. The number of rotatable bonds is 6. The maximum Gasteiger partial charge on any atom is 0.269 e. The van der Waals surface area contributed by atoms with Gasteiger partial charge >= 0.3 is 0 Å². The molecule has 0 unspecified atom stereocenters. The Morgan fingerprint density at radius 3 is 2.59 bits per heavy atom. The molecule has 6 heteroatoms. The minimum Gasteiger partial charge on any atom is -0.393 e. The first-order valence-corrected chi connectivity index (χ1v) is 10.4. The summed E-state index contributed by atoms with van der Waals surface area (Å²) in [7, 11) is 0. The van der Waals surface area contributed by atoms with Crippen molar-refractivity contribution < 1.29 is 14.7 Å². The van der Waals surface area contributed by atoms with E-state index in [2.05, 4.69) is 10.4 Å². The second kappa shape index (κ2) is 8.49. The Morgan fingerprint density at radius 2 is 1.97 bits per heavy atom. The zero-order chi connectivity index (χ0) is 21.2. The molecule has 1 saturated carbocycles. The minimum atomic E-state index is -0.354. The Kier molecular flexibility index (Phi) is 6.22. The quantitative estimate of drug-likeness (QED) is 0.727. The maximum atomic E-state index is 13.1. The molecule has 1 amide bonds. The second-order valence-corrected chi connectivity index (χ2v) is 8.68. The molecule has 2 aromatic rings. The summed E-state index contributed by atoms with van der Waals surface area (Å²) in [6, 6.07) is 11.2. The zero-order valence-electron chi connectivity index (χ0n) is 17.7. The van der Waals surface area contributed by atoms with Gasteiger partial charge in [-0.3, -0.25) is 14.3 Å². The molecule has 1 fully saturated rings. The summed E-state index contributed by atoms with van der Waals surface area (Å²) in [5.41, 5.74) is 1.49. The van der Waals surface area contributed by atoms with E-state index in [-0.39, 0.29) is 35.3 Å². The van der Waals surface area contributed by atoms with E-state index < -0.39 is 0 Å². The molecule has 3 rings (SSSR count). The molecule has 0 saturated heterocycles. The predicted molar refractivity (Wildman–Crippen MR) is 112 cm³/mol. The second-order valence-electron chi connectivity index (χ2n) is 8.68. The van der Waals surface area contributed by atoms with Gasteiger partial charge in [-0.05, 0) is 37.2 Å². The molecule has 1 heterocycles. The van der Waals surface area contributed by atoms with Crippen LogP contribution in [0.1, 0.15) is 86.0 Å². The summed E-state index contributed by atoms with van der Waals surface area (Å²) in [4.78, 5) is 25.4. The van der Waals surface area contributed by atoms with Crippen LogP contribution in [0.4, 0.5) is 0 Å². The summed E-state index contributed by atoms with van der Waals surface area (Å²) >= 11 is 0. The third kappa shape index (κ3) is 4.58. The van der Waals surface area contributed by atoms with Crippen LogP contribution in [0, 0.1) is 5.41 Å². The molecule has 3 atom stereocenters. The summed E-state index contributed by atoms with van der Waals surface area (Å²) in [5.74, 6) is -0.312. The first kappa shape index (κ1) is 21.2. The van der Waals surface area contributed by atoms with E-state index in [1.807, 2.05) is 51.1 Å². The van der Waals surface area contributed by atoms with Crippen molar-refractivity contribution in [2.75, 3.05) is 0 Å². The van der Waals surface area contributed by atoms with Crippen LogP contribution in [0.3, 0.4) is 0 Å². The number of hydrogen-bond acceptors (Lipinski definition) is 4. The monoisotopic (exact) mass is 397 g/mol. The molecule has 0 aliphatic heterocycles. The van der Waals surface area contributed by atoms with E-state index in [0.717, 1.165) is 12.0 Å². The van der Waals surface area contributed by atoms with Gasteiger partial charge < -0.3 is 10.4 Å². The molecule has 0 radical (unpaired) electrons. The number of nitrogens with one attached hydrogen (secondary N) is 1.